The third kappa shape index (κ3) is 2.02. The minimum Gasteiger partial charge on any atom is -0.508 e. The number of aromatic nitrogens is 1. The number of phenols is 1. The summed E-state index contributed by atoms with van der Waals surface area (Å²) >= 11 is 1.75. The maximum absolute atomic E-state index is 9.54. The Morgan fingerprint density at radius 2 is 2.33 bits per heavy atom. The molecular weight excluding hydrogens is 244 g/mol. The Balaban J connectivity index is 2.02. The van der Waals surface area contributed by atoms with Gasteiger partial charge in [-0.3, -0.25) is 0 Å². The van der Waals surface area contributed by atoms with E-state index >= 15 is 0 Å². The van der Waals surface area contributed by atoms with Crippen molar-refractivity contribution < 1.29 is 5.11 Å². The summed E-state index contributed by atoms with van der Waals surface area (Å²) in [7, 11) is 1.99. The smallest absolute Gasteiger partial charge is 0.124 e. The number of hydrogen-bond acceptors (Lipinski definition) is 4. The fraction of sp³-hybridized carbons (Fsp3) is 0.357. The summed E-state index contributed by atoms with van der Waals surface area (Å²) in [6.07, 6.45) is 3.51. The Morgan fingerprint density at radius 1 is 1.44 bits per heavy atom. The van der Waals surface area contributed by atoms with Crippen LogP contribution in [-0.4, -0.2) is 17.1 Å². The first kappa shape index (κ1) is 11.7. The number of phenolic OH excluding ortho intramolecular Hbond substituents is 1. The Morgan fingerprint density at radius 3 is 3.11 bits per heavy atom. The molecule has 1 aliphatic rings. The Kier molecular flexibility index (Phi) is 3.06. The third-order valence-electron chi connectivity index (χ3n) is 3.40. The number of nitrogens with zero attached hydrogens (tertiary/aromatic N) is 1. The molecular formula is C14H16N2OS. The first-order valence-electron chi connectivity index (χ1n) is 6.24. The zero-order valence-corrected chi connectivity index (χ0v) is 11.1. The van der Waals surface area contributed by atoms with Gasteiger partial charge < -0.3 is 10.4 Å². The van der Waals surface area contributed by atoms with E-state index in [0.29, 0.717) is 11.8 Å². The van der Waals surface area contributed by atoms with Crippen molar-refractivity contribution in [2.24, 2.45) is 0 Å². The molecule has 1 aliphatic carbocycles. The number of hydrogen-bond donors (Lipinski definition) is 2. The molecule has 0 saturated heterocycles. The van der Waals surface area contributed by atoms with Gasteiger partial charge in [0.2, 0.25) is 0 Å². The molecule has 0 fully saturated rings. The van der Waals surface area contributed by atoms with Crippen LogP contribution in [0.15, 0.2) is 24.3 Å². The van der Waals surface area contributed by atoms with Crippen molar-refractivity contribution in [1.82, 2.24) is 10.3 Å². The zero-order valence-electron chi connectivity index (χ0n) is 10.3. The van der Waals surface area contributed by atoms with Crippen LogP contribution in [0.5, 0.6) is 5.75 Å². The van der Waals surface area contributed by atoms with Crippen molar-refractivity contribution in [1.29, 1.82) is 0 Å². The Hall–Kier alpha value is -1.39. The predicted octanol–water partition coefficient (Wildman–Crippen LogP) is 3.11. The minimum absolute atomic E-state index is 0.297. The van der Waals surface area contributed by atoms with E-state index in [9.17, 15) is 5.11 Å². The van der Waals surface area contributed by atoms with Crippen LogP contribution in [0.3, 0.4) is 0 Å². The number of rotatable bonds is 2. The number of benzene rings is 1. The molecule has 18 heavy (non-hydrogen) atoms. The molecule has 2 N–H and O–H groups in total. The highest BCUT2D eigenvalue weighted by atomic mass is 32.1. The molecule has 0 radical (unpaired) electrons. The van der Waals surface area contributed by atoms with Gasteiger partial charge in [0.15, 0.2) is 0 Å². The largest absolute Gasteiger partial charge is 0.508 e. The lowest BCUT2D eigenvalue weighted by atomic mass is 9.98. The average Bonchev–Trinajstić information content (AvgIpc) is 2.82. The highest BCUT2D eigenvalue weighted by Gasteiger charge is 2.23. The summed E-state index contributed by atoms with van der Waals surface area (Å²) in [5.41, 5.74) is 2.20. The molecule has 0 amide bonds. The summed E-state index contributed by atoms with van der Waals surface area (Å²) < 4.78 is 0. The number of fused-ring (bicyclic) bond motifs is 1. The molecule has 0 aliphatic heterocycles. The van der Waals surface area contributed by atoms with E-state index in [1.165, 1.54) is 17.0 Å². The molecule has 0 saturated carbocycles. The number of thiazole rings is 1. The van der Waals surface area contributed by atoms with E-state index in [-0.39, 0.29) is 0 Å². The lowest BCUT2D eigenvalue weighted by Gasteiger charge is -2.19. The summed E-state index contributed by atoms with van der Waals surface area (Å²) in [5, 5.41) is 13.9. The van der Waals surface area contributed by atoms with Crippen LogP contribution in [0, 0.1) is 0 Å². The van der Waals surface area contributed by atoms with E-state index in [1.54, 1.807) is 23.5 Å². The maximum Gasteiger partial charge on any atom is 0.124 e. The fourth-order valence-corrected chi connectivity index (χ4v) is 3.62. The lowest BCUT2D eigenvalue weighted by Crippen LogP contribution is -2.21. The molecule has 1 aromatic heterocycles. The van der Waals surface area contributed by atoms with Crippen LogP contribution in [0.25, 0.3) is 10.6 Å². The van der Waals surface area contributed by atoms with Crippen LogP contribution in [0.2, 0.25) is 0 Å². The van der Waals surface area contributed by atoms with E-state index < -0.39 is 0 Å². The van der Waals surface area contributed by atoms with Crippen LogP contribution >= 0.6 is 11.3 Å². The molecule has 0 bridgehead atoms. The second kappa shape index (κ2) is 4.71. The molecule has 1 unspecified atom stereocenters. The summed E-state index contributed by atoms with van der Waals surface area (Å²) in [5.74, 6) is 0.297. The second-order valence-electron chi connectivity index (χ2n) is 4.61. The normalized spacial score (nSPS) is 18.6. The van der Waals surface area contributed by atoms with Gasteiger partial charge in [0.05, 0.1) is 11.7 Å². The summed E-state index contributed by atoms with van der Waals surface area (Å²) in [6.45, 7) is 0. The van der Waals surface area contributed by atoms with Crippen LogP contribution in [0.4, 0.5) is 0 Å². The fourth-order valence-electron chi connectivity index (χ4n) is 2.46. The molecule has 1 heterocycles. The predicted molar refractivity (Wildman–Crippen MR) is 74.0 cm³/mol. The van der Waals surface area contributed by atoms with Gasteiger partial charge in [-0.15, -0.1) is 11.3 Å². The molecule has 0 spiro atoms. The van der Waals surface area contributed by atoms with Gasteiger partial charge in [-0.05, 0) is 38.4 Å². The van der Waals surface area contributed by atoms with Crippen molar-refractivity contribution in [3.63, 3.8) is 0 Å². The molecule has 2 aromatic rings. The van der Waals surface area contributed by atoms with Crippen molar-refractivity contribution in [3.05, 3.63) is 34.8 Å². The molecule has 4 heteroatoms. The van der Waals surface area contributed by atoms with E-state index in [4.69, 9.17) is 4.98 Å². The standard InChI is InChI=1S/C14H16N2OS/c1-15-11-6-3-7-12-13(11)16-14(18-12)9-4-2-5-10(17)8-9/h2,4-5,8,11,15,17H,3,6-7H2,1H3. The Labute approximate surface area is 111 Å². The topological polar surface area (TPSA) is 45.1 Å². The molecule has 94 valence electrons. The monoisotopic (exact) mass is 260 g/mol. The maximum atomic E-state index is 9.54. The number of aromatic hydroxyl groups is 1. The minimum atomic E-state index is 0.297. The van der Waals surface area contributed by atoms with Crippen molar-refractivity contribution >= 4 is 11.3 Å². The van der Waals surface area contributed by atoms with E-state index in [2.05, 4.69) is 5.32 Å². The van der Waals surface area contributed by atoms with Gasteiger partial charge >= 0.3 is 0 Å². The first-order valence-corrected chi connectivity index (χ1v) is 7.06. The molecule has 3 nitrogen and oxygen atoms in total. The molecule has 1 atom stereocenters. The van der Waals surface area contributed by atoms with Crippen molar-refractivity contribution in [2.75, 3.05) is 7.05 Å². The highest BCUT2D eigenvalue weighted by Crippen LogP contribution is 2.37. The van der Waals surface area contributed by atoms with Gasteiger partial charge in [0.1, 0.15) is 10.8 Å². The zero-order chi connectivity index (χ0) is 12.5. The van der Waals surface area contributed by atoms with Gasteiger partial charge in [0.25, 0.3) is 0 Å². The highest BCUT2D eigenvalue weighted by molar-refractivity contribution is 7.15. The average molecular weight is 260 g/mol. The van der Waals surface area contributed by atoms with Crippen LogP contribution in [0.1, 0.15) is 29.5 Å². The van der Waals surface area contributed by atoms with Crippen LogP contribution < -0.4 is 5.32 Å². The summed E-state index contributed by atoms with van der Waals surface area (Å²) in [6, 6.07) is 7.71. The van der Waals surface area contributed by atoms with Gasteiger partial charge in [-0.1, -0.05) is 12.1 Å². The Bertz CT molecular complexity index is 565. The summed E-state index contributed by atoms with van der Waals surface area (Å²) in [4.78, 5) is 6.15. The van der Waals surface area contributed by atoms with Gasteiger partial charge in [-0.2, -0.15) is 0 Å². The van der Waals surface area contributed by atoms with Crippen molar-refractivity contribution in [2.45, 2.75) is 25.3 Å². The quantitative estimate of drug-likeness (QED) is 0.872. The van der Waals surface area contributed by atoms with E-state index in [1.807, 2.05) is 19.2 Å². The third-order valence-corrected chi connectivity index (χ3v) is 4.58. The number of aryl methyl sites for hydroxylation is 1. The lowest BCUT2D eigenvalue weighted by molar-refractivity contribution is 0.475. The van der Waals surface area contributed by atoms with E-state index in [0.717, 1.165) is 23.4 Å². The van der Waals surface area contributed by atoms with Gasteiger partial charge in [-0.25, -0.2) is 4.98 Å². The van der Waals surface area contributed by atoms with Crippen molar-refractivity contribution in [3.8, 4) is 16.3 Å². The SMILES string of the molecule is CNC1CCCc2sc(-c3cccc(O)c3)nc21. The molecule has 3 rings (SSSR count). The second-order valence-corrected chi connectivity index (χ2v) is 5.69. The van der Waals surface area contributed by atoms with Crippen LogP contribution in [-0.2, 0) is 6.42 Å². The first-order chi connectivity index (χ1) is 8.78. The molecule has 1 aromatic carbocycles. The van der Waals surface area contributed by atoms with Gasteiger partial charge in [0, 0.05) is 10.4 Å². The number of nitrogens with one attached hydrogen (secondary N) is 1.